The summed E-state index contributed by atoms with van der Waals surface area (Å²) in [5.41, 5.74) is 2.51. The molecule has 1 aliphatic rings. The first-order valence-corrected chi connectivity index (χ1v) is 12.2. The highest BCUT2D eigenvalue weighted by molar-refractivity contribution is 7.89. The Morgan fingerprint density at radius 3 is 2.45 bits per heavy atom. The number of nitrogens with one attached hydrogen (secondary N) is 3. The number of guanidine groups is 1. The summed E-state index contributed by atoms with van der Waals surface area (Å²) >= 11 is 0. The number of pyridine rings is 1. The second-order valence-corrected chi connectivity index (χ2v) is 9.36. The fourth-order valence-corrected chi connectivity index (χ4v) is 4.50. The summed E-state index contributed by atoms with van der Waals surface area (Å²) in [6, 6.07) is 11.8. The van der Waals surface area contributed by atoms with Crippen molar-refractivity contribution >= 4 is 16.0 Å². The average Bonchev–Trinajstić information content (AvgIpc) is 2.81. The summed E-state index contributed by atoms with van der Waals surface area (Å²) in [5, 5.41) is 6.38. The number of rotatable bonds is 9. The van der Waals surface area contributed by atoms with Gasteiger partial charge in [-0.3, -0.25) is 14.9 Å². The molecule has 1 aromatic heterocycles. The number of sulfonamides is 1. The van der Waals surface area contributed by atoms with Crippen LogP contribution in [0.15, 0.2) is 58.7 Å². The van der Waals surface area contributed by atoms with Crippen molar-refractivity contribution in [3.05, 3.63) is 59.9 Å². The fourth-order valence-electron chi connectivity index (χ4n) is 3.50. The summed E-state index contributed by atoms with van der Waals surface area (Å²) in [5.74, 6) is 0.623. The lowest BCUT2D eigenvalue weighted by atomic mass is 10.1. The Hall–Kier alpha value is -2.49. The molecule has 8 nitrogen and oxygen atoms in total. The monoisotopic (exact) mass is 444 g/mol. The van der Waals surface area contributed by atoms with E-state index in [-0.39, 0.29) is 11.4 Å². The number of hydrogen-bond acceptors (Lipinski definition) is 5. The van der Waals surface area contributed by atoms with Crippen molar-refractivity contribution in [2.75, 3.05) is 33.2 Å². The van der Waals surface area contributed by atoms with Crippen LogP contribution in [0.25, 0.3) is 0 Å². The number of nitrogens with zero attached hydrogens (tertiary/aromatic N) is 3. The van der Waals surface area contributed by atoms with Crippen LogP contribution in [0.2, 0.25) is 0 Å². The van der Waals surface area contributed by atoms with Gasteiger partial charge in [0, 0.05) is 45.6 Å². The van der Waals surface area contributed by atoms with Crippen LogP contribution in [0.5, 0.6) is 0 Å². The zero-order chi connectivity index (χ0) is 21.9. The molecule has 0 amide bonds. The van der Waals surface area contributed by atoms with Gasteiger partial charge in [-0.05, 0) is 49.2 Å². The molecule has 9 heteroatoms. The van der Waals surface area contributed by atoms with Crippen molar-refractivity contribution in [1.29, 1.82) is 0 Å². The third kappa shape index (κ3) is 7.61. The summed E-state index contributed by atoms with van der Waals surface area (Å²) in [7, 11) is -1.86. The number of hydrogen-bond donors (Lipinski definition) is 3. The molecule has 2 aromatic rings. The zero-order valence-electron chi connectivity index (χ0n) is 18.0. The summed E-state index contributed by atoms with van der Waals surface area (Å²) in [4.78, 5) is 10.7. The lowest BCUT2D eigenvalue weighted by Gasteiger charge is -2.26. The van der Waals surface area contributed by atoms with E-state index in [4.69, 9.17) is 0 Å². The van der Waals surface area contributed by atoms with Gasteiger partial charge >= 0.3 is 0 Å². The third-order valence-corrected chi connectivity index (χ3v) is 6.66. The van der Waals surface area contributed by atoms with Crippen LogP contribution in [-0.2, 0) is 23.1 Å². The van der Waals surface area contributed by atoms with Crippen molar-refractivity contribution in [2.45, 2.75) is 37.2 Å². The SMILES string of the molecule is CN=C(NCCNS(=O)(=O)c1cccnc1)NCc1ccc(CN2CCCCC2)cc1. The fraction of sp³-hybridized carbons (Fsp3) is 0.455. The van der Waals surface area contributed by atoms with Crippen LogP contribution in [0.4, 0.5) is 0 Å². The molecule has 0 atom stereocenters. The molecule has 0 aliphatic carbocycles. The van der Waals surface area contributed by atoms with Crippen molar-refractivity contribution in [1.82, 2.24) is 25.2 Å². The van der Waals surface area contributed by atoms with Gasteiger partial charge in [0.15, 0.2) is 5.96 Å². The molecule has 1 saturated heterocycles. The van der Waals surface area contributed by atoms with Crippen LogP contribution in [-0.4, -0.2) is 57.5 Å². The molecule has 1 aromatic carbocycles. The average molecular weight is 445 g/mol. The minimum absolute atomic E-state index is 0.154. The van der Waals surface area contributed by atoms with Gasteiger partial charge in [0.05, 0.1) is 0 Å². The largest absolute Gasteiger partial charge is 0.355 e. The molecule has 0 spiro atoms. The van der Waals surface area contributed by atoms with Crippen molar-refractivity contribution < 1.29 is 8.42 Å². The second-order valence-electron chi connectivity index (χ2n) is 7.59. The molecule has 2 heterocycles. The molecule has 168 valence electrons. The van der Waals surface area contributed by atoms with Crippen LogP contribution < -0.4 is 15.4 Å². The Morgan fingerprint density at radius 2 is 1.77 bits per heavy atom. The Bertz CT molecular complexity index is 926. The second kappa shape index (κ2) is 11.8. The maximum atomic E-state index is 12.2. The van der Waals surface area contributed by atoms with Crippen molar-refractivity contribution in [2.24, 2.45) is 4.99 Å². The third-order valence-electron chi connectivity index (χ3n) is 5.22. The van der Waals surface area contributed by atoms with Crippen LogP contribution in [0.3, 0.4) is 0 Å². The number of aromatic nitrogens is 1. The van der Waals surface area contributed by atoms with E-state index in [1.807, 2.05) is 0 Å². The molecule has 1 fully saturated rings. The van der Waals surface area contributed by atoms with E-state index in [2.05, 4.69) is 54.5 Å². The maximum Gasteiger partial charge on any atom is 0.242 e. The van der Waals surface area contributed by atoms with E-state index in [1.165, 1.54) is 55.7 Å². The van der Waals surface area contributed by atoms with Crippen LogP contribution >= 0.6 is 0 Å². The predicted octanol–water partition coefficient (Wildman–Crippen LogP) is 1.71. The molecular formula is C22H32N6O2S. The topological polar surface area (TPSA) is 98.7 Å². The van der Waals surface area contributed by atoms with E-state index < -0.39 is 10.0 Å². The lowest BCUT2D eigenvalue weighted by Crippen LogP contribution is -2.41. The Morgan fingerprint density at radius 1 is 1.03 bits per heavy atom. The normalized spacial score (nSPS) is 15.6. The van der Waals surface area contributed by atoms with Gasteiger partial charge in [-0.1, -0.05) is 30.7 Å². The first-order valence-electron chi connectivity index (χ1n) is 10.7. The van der Waals surface area contributed by atoms with E-state index in [0.29, 0.717) is 19.0 Å². The number of piperidine rings is 1. The summed E-state index contributed by atoms with van der Waals surface area (Å²) in [6.07, 6.45) is 6.83. The van der Waals surface area contributed by atoms with E-state index in [0.717, 1.165) is 6.54 Å². The van der Waals surface area contributed by atoms with Gasteiger partial charge in [-0.15, -0.1) is 0 Å². The Kier molecular flexibility index (Phi) is 8.81. The molecule has 31 heavy (non-hydrogen) atoms. The highest BCUT2D eigenvalue weighted by Gasteiger charge is 2.13. The smallest absolute Gasteiger partial charge is 0.242 e. The Labute approximate surface area is 185 Å². The number of aliphatic imine (C=N–C) groups is 1. The highest BCUT2D eigenvalue weighted by Crippen LogP contribution is 2.13. The van der Waals surface area contributed by atoms with Gasteiger partial charge in [0.25, 0.3) is 0 Å². The van der Waals surface area contributed by atoms with Crippen LogP contribution in [0, 0.1) is 0 Å². The van der Waals surface area contributed by atoms with E-state index in [1.54, 1.807) is 19.3 Å². The molecule has 0 radical (unpaired) electrons. The molecule has 0 saturated carbocycles. The standard InChI is InChI=1S/C22H32N6O2S/c1-23-22(25-12-13-27-31(29,30)21-6-5-11-24-17-21)26-16-19-7-9-20(10-8-19)18-28-14-3-2-4-15-28/h5-11,17,27H,2-4,12-16,18H2,1H3,(H2,23,25,26). The first-order chi connectivity index (χ1) is 15.1. The van der Waals surface area contributed by atoms with Gasteiger partial charge in [-0.25, -0.2) is 13.1 Å². The molecule has 0 unspecified atom stereocenters. The highest BCUT2D eigenvalue weighted by atomic mass is 32.2. The Balaban J connectivity index is 1.38. The quantitative estimate of drug-likeness (QED) is 0.309. The number of benzene rings is 1. The minimum atomic E-state index is -3.55. The lowest BCUT2D eigenvalue weighted by molar-refractivity contribution is 0.221. The minimum Gasteiger partial charge on any atom is -0.355 e. The molecule has 0 bridgehead atoms. The molecule has 3 rings (SSSR count). The predicted molar refractivity (Wildman–Crippen MR) is 123 cm³/mol. The molecule has 1 aliphatic heterocycles. The van der Waals surface area contributed by atoms with E-state index in [9.17, 15) is 8.42 Å². The van der Waals surface area contributed by atoms with E-state index >= 15 is 0 Å². The number of likely N-dealkylation sites (tertiary alicyclic amines) is 1. The van der Waals surface area contributed by atoms with Crippen molar-refractivity contribution in [3.63, 3.8) is 0 Å². The van der Waals surface area contributed by atoms with Crippen molar-refractivity contribution in [3.8, 4) is 0 Å². The zero-order valence-corrected chi connectivity index (χ0v) is 18.9. The first kappa shape index (κ1) is 23.2. The summed E-state index contributed by atoms with van der Waals surface area (Å²) in [6.45, 7) is 4.71. The van der Waals surface area contributed by atoms with Crippen LogP contribution in [0.1, 0.15) is 30.4 Å². The molecule has 3 N–H and O–H groups in total. The summed E-state index contributed by atoms with van der Waals surface area (Å²) < 4.78 is 26.9. The van der Waals surface area contributed by atoms with Gasteiger partial charge in [0.2, 0.25) is 10.0 Å². The van der Waals surface area contributed by atoms with Gasteiger partial charge in [0.1, 0.15) is 4.90 Å². The van der Waals surface area contributed by atoms with Gasteiger partial charge in [-0.2, -0.15) is 0 Å². The molecular weight excluding hydrogens is 412 g/mol. The van der Waals surface area contributed by atoms with Gasteiger partial charge < -0.3 is 10.6 Å². The maximum absolute atomic E-state index is 12.2.